The molecule has 0 atom stereocenters. The van der Waals surface area contributed by atoms with Crippen molar-refractivity contribution in [1.82, 2.24) is 15.6 Å². The van der Waals surface area contributed by atoms with Crippen molar-refractivity contribution in [1.29, 1.82) is 0 Å². The molecule has 0 saturated heterocycles. The van der Waals surface area contributed by atoms with Gasteiger partial charge in [-0.3, -0.25) is 9.89 Å². The Morgan fingerprint density at radius 1 is 1.15 bits per heavy atom. The average molecular weight is 348 g/mol. The molecule has 1 heterocycles. The molecule has 2 N–H and O–H groups in total. The highest BCUT2D eigenvalue weighted by molar-refractivity contribution is 6.00. The quantitative estimate of drug-likeness (QED) is 0.547. The molecular formula is C20H20N4O2. The van der Waals surface area contributed by atoms with Crippen LogP contribution in [0, 0.1) is 6.92 Å². The molecular weight excluding hydrogens is 328 g/mol. The van der Waals surface area contributed by atoms with Crippen LogP contribution in [0.5, 0.6) is 5.75 Å². The lowest BCUT2D eigenvalue weighted by Gasteiger charge is -2.04. The van der Waals surface area contributed by atoms with Crippen LogP contribution in [0.2, 0.25) is 0 Å². The number of hydrogen-bond donors (Lipinski definition) is 2. The van der Waals surface area contributed by atoms with Gasteiger partial charge in [0.15, 0.2) is 0 Å². The minimum atomic E-state index is -0.349. The van der Waals surface area contributed by atoms with Gasteiger partial charge in [0, 0.05) is 11.1 Å². The summed E-state index contributed by atoms with van der Waals surface area (Å²) in [6.07, 6.45) is 0. The van der Waals surface area contributed by atoms with Crippen LogP contribution in [0.3, 0.4) is 0 Å². The lowest BCUT2D eigenvalue weighted by molar-refractivity contribution is 0.0950. The van der Waals surface area contributed by atoms with Gasteiger partial charge in [-0.05, 0) is 32.0 Å². The topological polar surface area (TPSA) is 79.4 Å². The molecule has 3 aromatic rings. The average Bonchev–Trinajstić information content (AvgIpc) is 3.16. The Balaban J connectivity index is 1.71. The van der Waals surface area contributed by atoms with Gasteiger partial charge in [-0.1, -0.05) is 42.0 Å². The maximum absolute atomic E-state index is 12.3. The Hall–Kier alpha value is -3.41. The van der Waals surface area contributed by atoms with E-state index in [2.05, 4.69) is 20.7 Å². The highest BCUT2D eigenvalue weighted by Gasteiger charge is 2.11. The van der Waals surface area contributed by atoms with Gasteiger partial charge in [-0.25, -0.2) is 5.43 Å². The summed E-state index contributed by atoms with van der Waals surface area (Å²) in [7, 11) is 1.61. The summed E-state index contributed by atoms with van der Waals surface area (Å²) in [5, 5.41) is 11.1. The van der Waals surface area contributed by atoms with Crippen LogP contribution in [-0.4, -0.2) is 28.9 Å². The van der Waals surface area contributed by atoms with Crippen molar-refractivity contribution in [2.24, 2.45) is 5.10 Å². The minimum Gasteiger partial charge on any atom is -0.497 e. The maximum Gasteiger partial charge on any atom is 0.289 e. The molecule has 6 heteroatoms. The monoisotopic (exact) mass is 348 g/mol. The van der Waals surface area contributed by atoms with Crippen molar-refractivity contribution in [2.45, 2.75) is 13.8 Å². The van der Waals surface area contributed by atoms with Crippen molar-refractivity contribution in [3.05, 3.63) is 71.4 Å². The van der Waals surface area contributed by atoms with Crippen LogP contribution in [0.15, 0.2) is 59.7 Å². The number of aromatic nitrogens is 2. The van der Waals surface area contributed by atoms with Gasteiger partial charge in [0.25, 0.3) is 5.91 Å². The highest BCUT2D eigenvalue weighted by atomic mass is 16.5. The lowest BCUT2D eigenvalue weighted by atomic mass is 10.1. The van der Waals surface area contributed by atoms with Crippen LogP contribution >= 0.6 is 0 Å². The molecule has 0 radical (unpaired) electrons. The molecule has 2 aromatic carbocycles. The zero-order valence-electron chi connectivity index (χ0n) is 14.9. The fourth-order valence-corrected chi connectivity index (χ4v) is 2.42. The number of carbonyl (C=O) groups excluding carboxylic acids is 1. The lowest BCUT2D eigenvalue weighted by Crippen LogP contribution is -2.19. The number of hydrogen-bond acceptors (Lipinski definition) is 4. The Bertz CT molecular complexity index is 942. The summed E-state index contributed by atoms with van der Waals surface area (Å²) in [4.78, 5) is 12.3. The van der Waals surface area contributed by atoms with E-state index >= 15 is 0 Å². The summed E-state index contributed by atoms with van der Waals surface area (Å²) in [5.41, 5.74) is 7.27. The van der Waals surface area contributed by atoms with Crippen LogP contribution in [0.1, 0.15) is 28.5 Å². The molecule has 3 rings (SSSR count). The molecule has 0 aliphatic carbocycles. The van der Waals surface area contributed by atoms with E-state index in [1.165, 1.54) is 5.56 Å². The first-order chi connectivity index (χ1) is 12.6. The van der Waals surface area contributed by atoms with Crippen molar-refractivity contribution >= 4 is 11.6 Å². The van der Waals surface area contributed by atoms with Gasteiger partial charge in [0.05, 0.1) is 18.5 Å². The number of aromatic amines is 1. The second-order valence-corrected chi connectivity index (χ2v) is 5.90. The van der Waals surface area contributed by atoms with E-state index in [4.69, 9.17) is 4.74 Å². The summed E-state index contributed by atoms with van der Waals surface area (Å²) in [6.45, 7) is 3.84. The maximum atomic E-state index is 12.3. The van der Waals surface area contributed by atoms with Crippen molar-refractivity contribution in [3.63, 3.8) is 0 Å². The molecule has 0 fully saturated rings. The van der Waals surface area contributed by atoms with Crippen LogP contribution in [-0.2, 0) is 0 Å². The number of benzene rings is 2. The second-order valence-electron chi connectivity index (χ2n) is 5.90. The van der Waals surface area contributed by atoms with Crippen LogP contribution in [0.25, 0.3) is 11.3 Å². The van der Waals surface area contributed by atoms with E-state index in [-0.39, 0.29) is 5.91 Å². The Morgan fingerprint density at radius 3 is 2.65 bits per heavy atom. The van der Waals surface area contributed by atoms with Gasteiger partial charge < -0.3 is 4.74 Å². The number of nitrogens with zero attached hydrogens (tertiary/aromatic N) is 2. The Kier molecular flexibility index (Phi) is 5.12. The normalized spacial score (nSPS) is 11.3. The number of H-pyrrole nitrogens is 1. The fraction of sp³-hybridized carbons (Fsp3) is 0.150. The Morgan fingerprint density at radius 2 is 1.92 bits per heavy atom. The third-order valence-electron chi connectivity index (χ3n) is 3.98. The molecule has 26 heavy (non-hydrogen) atoms. The SMILES string of the molecule is COc1cccc(C(C)=NNC(=O)c2cc(-c3ccc(C)cc3)n[nH]2)c1. The van der Waals surface area contributed by atoms with E-state index < -0.39 is 0 Å². The predicted octanol–water partition coefficient (Wildman–Crippen LogP) is 3.55. The van der Waals surface area contributed by atoms with Crippen molar-refractivity contribution in [3.8, 4) is 17.0 Å². The number of methoxy groups -OCH3 is 1. The second kappa shape index (κ2) is 7.65. The summed E-state index contributed by atoms with van der Waals surface area (Å²) >= 11 is 0. The van der Waals surface area contributed by atoms with Gasteiger partial charge in [-0.15, -0.1) is 0 Å². The zero-order chi connectivity index (χ0) is 18.5. The molecule has 0 aliphatic heterocycles. The van der Waals surface area contributed by atoms with Crippen molar-refractivity contribution in [2.75, 3.05) is 7.11 Å². The molecule has 132 valence electrons. The van der Waals surface area contributed by atoms with Crippen LogP contribution in [0.4, 0.5) is 0 Å². The summed E-state index contributed by atoms with van der Waals surface area (Å²) < 4.78 is 5.20. The number of nitrogens with one attached hydrogen (secondary N) is 2. The molecule has 0 bridgehead atoms. The third kappa shape index (κ3) is 3.97. The first-order valence-electron chi connectivity index (χ1n) is 8.18. The molecule has 0 spiro atoms. The molecule has 0 unspecified atom stereocenters. The zero-order valence-corrected chi connectivity index (χ0v) is 14.9. The smallest absolute Gasteiger partial charge is 0.289 e. The van der Waals surface area contributed by atoms with E-state index in [9.17, 15) is 4.79 Å². The van der Waals surface area contributed by atoms with E-state index in [0.29, 0.717) is 17.1 Å². The van der Waals surface area contributed by atoms with Gasteiger partial charge in [0.2, 0.25) is 0 Å². The summed E-state index contributed by atoms with van der Waals surface area (Å²) in [5.74, 6) is 0.387. The molecule has 6 nitrogen and oxygen atoms in total. The number of carbonyl (C=O) groups is 1. The third-order valence-corrected chi connectivity index (χ3v) is 3.98. The predicted molar refractivity (Wildman–Crippen MR) is 101 cm³/mol. The molecule has 0 saturated carbocycles. The standard InChI is InChI=1S/C20H20N4O2/c1-13-7-9-15(10-8-13)18-12-19(23-22-18)20(25)24-21-14(2)16-5-4-6-17(11-16)26-3/h4-12H,1-3H3,(H,22,23)(H,24,25). The van der Waals surface area contributed by atoms with Gasteiger partial charge >= 0.3 is 0 Å². The first-order valence-corrected chi connectivity index (χ1v) is 8.18. The van der Waals surface area contributed by atoms with E-state index in [0.717, 1.165) is 16.9 Å². The Labute approximate surface area is 151 Å². The minimum absolute atomic E-state index is 0.349. The molecule has 1 amide bonds. The number of hydrazone groups is 1. The highest BCUT2D eigenvalue weighted by Crippen LogP contribution is 2.18. The molecule has 0 aliphatic rings. The van der Waals surface area contributed by atoms with Gasteiger partial charge in [-0.2, -0.15) is 10.2 Å². The van der Waals surface area contributed by atoms with Gasteiger partial charge in [0.1, 0.15) is 11.4 Å². The number of aryl methyl sites for hydroxylation is 1. The summed E-state index contributed by atoms with van der Waals surface area (Å²) in [6, 6.07) is 17.1. The van der Waals surface area contributed by atoms with E-state index in [1.54, 1.807) is 13.2 Å². The number of amides is 1. The largest absolute Gasteiger partial charge is 0.497 e. The van der Waals surface area contributed by atoms with Crippen LogP contribution < -0.4 is 10.2 Å². The number of rotatable bonds is 5. The number of ether oxygens (including phenoxy) is 1. The van der Waals surface area contributed by atoms with Crippen molar-refractivity contribution < 1.29 is 9.53 Å². The van der Waals surface area contributed by atoms with E-state index in [1.807, 2.05) is 62.4 Å². The molecule has 1 aromatic heterocycles. The fourth-order valence-electron chi connectivity index (χ4n) is 2.42. The first kappa shape index (κ1) is 17.4.